The summed E-state index contributed by atoms with van der Waals surface area (Å²) in [5, 5.41) is 8.65. The maximum atomic E-state index is 10.5. The van der Waals surface area contributed by atoms with Gasteiger partial charge in [-0.25, -0.2) is 0 Å². The van der Waals surface area contributed by atoms with Crippen LogP contribution in [-0.4, -0.2) is 22.6 Å². The molecule has 0 aliphatic rings. The highest BCUT2D eigenvalue weighted by Gasteiger charge is 1.93. The first kappa shape index (κ1) is 11.0. The molecule has 0 aliphatic carbocycles. The van der Waals surface area contributed by atoms with E-state index >= 15 is 0 Å². The molecule has 66 valence electrons. The number of unbranched alkanes of at least 4 members (excludes halogenated alkanes) is 3. The van der Waals surface area contributed by atoms with E-state index in [4.69, 9.17) is 5.11 Å². The molecule has 0 fully saturated rings. The standard InChI is InChI=1S/C8H16O2S/c1-8(10)11-7-5-3-2-4-6-9/h9H,2-7H2,1H3. The van der Waals surface area contributed by atoms with Gasteiger partial charge in [-0.05, 0) is 12.8 Å². The molecule has 1 N–H and O–H groups in total. The van der Waals surface area contributed by atoms with E-state index in [-0.39, 0.29) is 5.12 Å². The Morgan fingerprint density at radius 2 is 1.91 bits per heavy atom. The minimum atomic E-state index is 0.201. The zero-order valence-corrected chi connectivity index (χ0v) is 7.82. The first-order valence-corrected chi connectivity index (χ1v) is 5.00. The molecule has 0 spiro atoms. The third-order valence-corrected chi connectivity index (χ3v) is 2.26. The van der Waals surface area contributed by atoms with Crippen LogP contribution in [0.25, 0.3) is 0 Å². The molecule has 2 nitrogen and oxygen atoms in total. The number of thioether (sulfide) groups is 1. The van der Waals surface area contributed by atoms with Crippen molar-refractivity contribution in [3.05, 3.63) is 0 Å². The number of carbonyl (C=O) groups excluding carboxylic acids is 1. The molecule has 0 unspecified atom stereocenters. The normalized spacial score (nSPS) is 10.0. The Kier molecular flexibility index (Phi) is 8.07. The fraction of sp³-hybridized carbons (Fsp3) is 0.875. The molecule has 0 saturated heterocycles. The van der Waals surface area contributed by atoms with Crippen molar-refractivity contribution in [1.29, 1.82) is 0 Å². The van der Waals surface area contributed by atoms with E-state index in [1.165, 1.54) is 11.8 Å². The van der Waals surface area contributed by atoms with E-state index in [1.807, 2.05) is 0 Å². The van der Waals surface area contributed by atoms with Crippen molar-refractivity contribution >= 4 is 16.9 Å². The van der Waals surface area contributed by atoms with Gasteiger partial charge >= 0.3 is 0 Å². The Morgan fingerprint density at radius 3 is 2.45 bits per heavy atom. The molecule has 0 heterocycles. The zero-order valence-electron chi connectivity index (χ0n) is 7.01. The number of hydrogen-bond donors (Lipinski definition) is 1. The van der Waals surface area contributed by atoms with Gasteiger partial charge in [0.05, 0.1) is 0 Å². The van der Waals surface area contributed by atoms with Crippen LogP contribution in [0.1, 0.15) is 32.6 Å². The van der Waals surface area contributed by atoms with Gasteiger partial charge in [0.25, 0.3) is 0 Å². The van der Waals surface area contributed by atoms with E-state index in [1.54, 1.807) is 6.92 Å². The molecule has 0 aliphatic heterocycles. The predicted molar refractivity (Wildman–Crippen MR) is 48.7 cm³/mol. The second-order valence-electron chi connectivity index (χ2n) is 2.48. The summed E-state index contributed by atoms with van der Waals surface area (Å²) in [6, 6.07) is 0. The molecule has 3 heteroatoms. The molecule has 0 amide bonds. The van der Waals surface area contributed by atoms with Crippen LogP contribution >= 0.6 is 11.8 Å². The fourth-order valence-electron chi connectivity index (χ4n) is 0.783. The molecule has 0 bridgehead atoms. The SMILES string of the molecule is CC(=O)SCCCCCCO. The van der Waals surface area contributed by atoms with Crippen LogP contribution in [0.2, 0.25) is 0 Å². The minimum Gasteiger partial charge on any atom is -0.396 e. The van der Waals surface area contributed by atoms with Crippen LogP contribution in [-0.2, 0) is 4.79 Å². The lowest BCUT2D eigenvalue weighted by Crippen LogP contribution is -1.88. The van der Waals surface area contributed by atoms with Gasteiger partial charge in [-0.15, -0.1) is 0 Å². The van der Waals surface area contributed by atoms with Crippen molar-refractivity contribution in [3.8, 4) is 0 Å². The van der Waals surface area contributed by atoms with Crippen LogP contribution in [0, 0.1) is 0 Å². The quantitative estimate of drug-likeness (QED) is 0.627. The van der Waals surface area contributed by atoms with Gasteiger partial charge in [-0.2, -0.15) is 0 Å². The van der Waals surface area contributed by atoms with Gasteiger partial charge in [0.2, 0.25) is 0 Å². The van der Waals surface area contributed by atoms with E-state index in [2.05, 4.69) is 0 Å². The molecule has 0 atom stereocenters. The largest absolute Gasteiger partial charge is 0.396 e. The number of aliphatic hydroxyl groups excluding tert-OH is 1. The highest BCUT2D eigenvalue weighted by atomic mass is 32.2. The summed E-state index contributed by atoms with van der Waals surface area (Å²) >= 11 is 1.39. The average molecular weight is 176 g/mol. The van der Waals surface area contributed by atoms with Crippen molar-refractivity contribution in [2.75, 3.05) is 12.4 Å². The van der Waals surface area contributed by atoms with E-state index in [9.17, 15) is 4.79 Å². The van der Waals surface area contributed by atoms with Gasteiger partial charge in [0.15, 0.2) is 5.12 Å². The lowest BCUT2D eigenvalue weighted by molar-refractivity contribution is -0.109. The second-order valence-corrected chi connectivity index (χ2v) is 3.75. The van der Waals surface area contributed by atoms with Crippen LogP contribution in [0.15, 0.2) is 0 Å². The third kappa shape index (κ3) is 9.98. The maximum Gasteiger partial charge on any atom is 0.185 e. The minimum absolute atomic E-state index is 0.201. The molecule has 0 aromatic rings. The Morgan fingerprint density at radius 1 is 1.27 bits per heavy atom. The van der Waals surface area contributed by atoms with Crippen LogP contribution in [0.5, 0.6) is 0 Å². The first-order chi connectivity index (χ1) is 5.27. The van der Waals surface area contributed by atoms with Crippen LogP contribution in [0.4, 0.5) is 0 Å². The zero-order chi connectivity index (χ0) is 8.53. The molecule has 0 rings (SSSR count). The summed E-state index contributed by atoms with van der Waals surface area (Å²) in [5.41, 5.74) is 0. The molecular weight excluding hydrogens is 160 g/mol. The van der Waals surface area contributed by atoms with Crippen LogP contribution in [0.3, 0.4) is 0 Å². The lowest BCUT2D eigenvalue weighted by Gasteiger charge is -1.97. The summed E-state index contributed by atoms with van der Waals surface area (Å²) in [6.07, 6.45) is 4.19. The Labute approximate surface area is 72.4 Å². The molecule has 0 radical (unpaired) electrons. The monoisotopic (exact) mass is 176 g/mol. The van der Waals surface area contributed by atoms with Gasteiger partial charge < -0.3 is 5.11 Å². The van der Waals surface area contributed by atoms with Crippen molar-refractivity contribution in [3.63, 3.8) is 0 Å². The molecule has 11 heavy (non-hydrogen) atoms. The maximum absolute atomic E-state index is 10.5. The molecule has 0 aromatic heterocycles. The lowest BCUT2D eigenvalue weighted by atomic mass is 10.2. The smallest absolute Gasteiger partial charge is 0.185 e. The van der Waals surface area contributed by atoms with Gasteiger partial charge in [-0.3, -0.25) is 4.79 Å². The van der Waals surface area contributed by atoms with E-state index in [0.717, 1.165) is 31.4 Å². The molecule has 0 saturated carbocycles. The fourth-order valence-corrected chi connectivity index (χ4v) is 1.42. The van der Waals surface area contributed by atoms with Crippen molar-refractivity contribution in [2.24, 2.45) is 0 Å². The van der Waals surface area contributed by atoms with Crippen molar-refractivity contribution < 1.29 is 9.90 Å². The summed E-state index contributed by atoms with van der Waals surface area (Å²) in [6.45, 7) is 1.89. The van der Waals surface area contributed by atoms with Gasteiger partial charge in [0.1, 0.15) is 0 Å². The molecule has 0 aromatic carbocycles. The number of carbonyl (C=O) groups is 1. The summed E-state index contributed by atoms with van der Waals surface area (Å²) in [5.74, 6) is 0.931. The summed E-state index contributed by atoms with van der Waals surface area (Å²) < 4.78 is 0. The van der Waals surface area contributed by atoms with Gasteiger partial charge in [-0.1, -0.05) is 24.6 Å². The van der Waals surface area contributed by atoms with E-state index < -0.39 is 0 Å². The van der Waals surface area contributed by atoms with E-state index in [0.29, 0.717) is 6.61 Å². The van der Waals surface area contributed by atoms with Gasteiger partial charge in [0, 0.05) is 19.3 Å². The second kappa shape index (κ2) is 8.08. The Balaban J connectivity index is 2.85. The number of hydrogen-bond acceptors (Lipinski definition) is 3. The number of rotatable bonds is 6. The van der Waals surface area contributed by atoms with Crippen molar-refractivity contribution in [2.45, 2.75) is 32.6 Å². The average Bonchev–Trinajstić information content (AvgIpc) is 1.96. The predicted octanol–water partition coefficient (Wildman–Crippen LogP) is 1.82. The topological polar surface area (TPSA) is 37.3 Å². The van der Waals surface area contributed by atoms with Crippen LogP contribution < -0.4 is 0 Å². The highest BCUT2D eigenvalue weighted by Crippen LogP contribution is 2.07. The Bertz CT molecular complexity index is 104. The molecular formula is C8H16O2S. The number of aliphatic hydroxyl groups is 1. The Hall–Kier alpha value is -0.0200. The third-order valence-electron chi connectivity index (χ3n) is 1.36. The first-order valence-electron chi connectivity index (χ1n) is 4.01. The summed E-state index contributed by atoms with van der Waals surface area (Å²) in [4.78, 5) is 10.5. The summed E-state index contributed by atoms with van der Waals surface area (Å²) in [7, 11) is 0. The highest BCUT2D eigenvalue weighted by molar-refractivity contribution is 8.13. The van der Waals surface area contributed by atoms with Crippen molar-refractivity contribution in [1.82, 2.24) is 0 Å².